The lowest BCUT2D eigenvalue weighted by Crippen LogP contribution is -2.32. The molecule has 2 heterocycles. The first-order chi connectivity index (χ1) is 11.7. The van der Waals surface area contributed by atoms with Gasteiger partial charge in [0, 0.05) is 17.9 Å². The first-order valence-electron chi connectivity index (χ1n) is 7.98. The largest absolute Gasteiger partial charge is 0.340 e. The van der Waals surface area contributed by atoms with Crippen molar-refractivity contribution in [1.82, 2.24) is 14.9 Å². The molecule has 1 aromatic heterocycles. The average Bonchev–Trinajstić information content (AvgIpc) is 3.24. The number of H-pyrrole nitrogens is 1. The number of carbonyl (C=O) groups is 1. The lowest BCUT2D eigenvalue weighted by atomic mass is 10.1. The van der Waals surface area contributed by atoms with E-state index in [9.17, 15) is 9.18 Å². The van der Waals surface area contributed by atoms with Gasteiger partial charge in [-0.2, -0.15) is 0 Å². The van der Waals surface area contributed by atoms with Gasteiger partial charge in [0.1, 0.15) is 11.6 Å². The zero-order valence-corrected chi connectivity index (χ0v) is 14.2. The molecule has 1 N–H and O–H groups in total. The van der Waals surface area contributed by atoms with Crippen molar-refractivity contribution in [2.45, 2.75) is 18.9 Å². The Kier molecular flexibility index (Phi) is 5.35. The van der Waals surface area contributed by atoms with Gasteiger partial charge in [-0.25, -0.2) is 9.37 Å². The number of rotatable bonds is 6. The van der Waals surface area contributed by atoms with Crippen LogP contribution in [0.15, 0.2) is 43.1 Å². The molecular weight excluding hydrogens is 325 g/mol. The Labute approximate surface area is 145 Å². The van der Waals surface area contributed by atoms with Crippen LogP contribution in [0, 0.1) is 5.82 Å². The molecular formula is C18H20FN3OS. The van der Waals surface area contributed by atoms with Gasteiger partial charge in [-0.1, -0.05) is 18.2 Å². The zero-order valence-electron chi connectivity index (χ0n) is 13.4. The molecule has 0 aliphatic carbocycles. The zero-order chi connectivity index (χ0) is 16.9. The van der Waals surface area contributed by atoms with Gasteiger partial charge in [0.05, 0.1) is 23.7 Å². The quantitative estimate of drug-likeness (QED) is 0.640. The second kappa shape index (κ2) is 7.66. The third kappa shape index (κ3) is 3.53. The second-order valence-corrected chi connectivity index (χ2v) is 6.74. The van der Waals surface area contributed by atoms with Crippen molar-refractivity contribution in [3.05, 3.63) is 54.8 Å². The number of carbonyl (C=O) groups excluding carboxylic acids is 1. The van der Waals surface area contributed by atoms with Crippen LogP contribution >= 0.6 is 11.8 Å². The van der Waals surface area contributed by atoms with E-state index in [1.165, 1.54) is 6.07 Å². The number of halogens is 1. The standard InChI is InChI=1S/C18H20FN3OS/c1-2-10-24-12-17(23)22-9-5-8-16(22)18-20-11-15(21-18)13-6-3-4-7-14(13)19/h2-4,6-7,11,16H,1,5,8-10,12H2,(H,20,21)/t16-/m1/s1. The molecule has 6 heteroatoms. The number of aromatic nitrogens is 2. The molecule has 1 aliphatic heterocycles. The summed E-state index contributed by atoms with van der Waals surface area (Å²) < 4.78 is 13.9. The molecule has 1 fully saturated rings. The highest BCUT2D eigenvalue weighted by Crippen LogP contribution is 2.32. The molecule has 1 saturated heterocycles. The molecule has 1 aromatic carbocycles. The molecule has 0 bridgehead atoms. The van der Waals surface area contributed by atoms with Gasteiger partial charge in [-0.05, 0) is 25.0 Å². The predicted octanol–water partition coefficient (Wildman–Crippen LogP) is 3.80. The molecule has 126 valence electrons. The van der Waals surface area contributed by atoms with Crippen molar-refractivity contribution < 1.29 is 9.18 Å². The maximum Gasteiger partial charge on any atom is 0.233 e. The number of aromatic amines is 1. The van der Waals surface area contributed by atoms with Gasteiger partial charge in [0.15, 0.2) is 0 Å². The molecule has 4 nitrogen and oxygen atoms in total. The maximum absolute atomic E-state index is 13.9. The monoisotopic (exact) mass is 345 g/mol. The molecule has 1 atom stereocenters. The summed E-state index contributed by atoms with van der Waals surface area (Å²) in [4.78, 5) is 21.9. The minimum Gasteiger partial charge on any atom is -0.340 e. The van der Waals surface area contributed by atoms with E-state index in [4.69, 9.17) is 0 Å². The summed E-state index contributed by atoms with van der Waals surface area (Å²) in [5.41, 5.74) is 1.14. The first-order valence-corrected chi connectivity index (χ1v) is 9.14. The van der Waals surface area contributed by atoms with E-state index in [0.29, 0.717) is 17.0 Å². The fourth-order valence-corrected chi connectivity index (χ4v) is 3.61. The van der Waals surface area contributed by atoms with E-state index in [2.05, 4.69) is 16.5 Å². The Morgan fingerprint density at radius 3 is 3.12 bits per heavy atom. The highest BCUT2D eigenvalue weighted by Gasteiger charge is 2.31. The van der Waals surface area contributed by atoms with Crippen LogP contribution in [0.4, 0.5) is 4.39 Å². The number of amides is 1. The Balaban J connectivity index is 1.75. The van der Waals surface area contributed by atoms with Crippen LogP contribution in [0.25, 0.3) is 11.3 Å². The number of hydrogen-bond donors (Lipinski definition) is 1. The maximum atomic E-state index is 13.9. The van der Waals surface area contributed by atoms with Crippen LogP contribution in [-0.4, -0.2) is 38.8 Å². The van der Waals surface area contributed by atoms with Gasteiger partial charge in [0.2, 0.25) is 5.91 Å². The van der Waals surface area contributed by atoms with Gasteiger partial charge in [-0.3, -0.25) is 4.79 Å². The van der Waals surface area contributed by atoms with E-state index >= 15 is 0 Å². The summed E-state index contributed by atoms with van der Waals surface area (Å²) in [5.74, 6) is 1.78. The van der Waals surface area contributed by atoms with Gasteiger partial charge < -0.3 is 9.88 Å². The van der Waals surface area contributed by atoms with E-state index in [1.807, 2.05) is 4.90 Å². The van der Waals surface area contributed by atoms with Crippen LogP contribution in [-0.2, 0) is 4.79 Å². The summed E-state index contributed by atoms with van der Waals surface area (Å²) in [5, 5.41) is 0. The average molecular weight is 345 g/mol. The highest BCUT2D eigenvalue weighted by atomic mass is 32.2. The molecule has 0 saturated carbocycles. The van der Waals surface area contributed by atoms with Crippen molar-refractivity contribution in [2.24, 2.45) is 0 Å². The van der Waals surface area contributed by atoms with Crippen molar-refractivity contribution in [3.8, 4) is 11.3 Å². The smallest absolute Gasteiger partial charge is 0.233 e. The second-order valence-electron chi connectivity index (χ2n) is 5.71. The van der Waals surface area contributed by atoms with E-state index < -0.39 is 0 Å². The molecule has 24 heavy (non-hydrogen) atoms. The van der Waals surface area contributed by atoms with Crippen LogP contribution in [0.1, 0.15) is 24.7 Å². The summed E-state index contributed by atoms with van der Waals surface area (Å²) in [7, 11) is 0. The fraction of sp³-hybridized carbons (Fsp3) is 0.333. The van der Waals surface area contributed by atoms with E-state index in [1.54, 1.807) is 42.2 Å². The Morgan fingerprint density at radius 2 is 2.33 bits per heavy atom. The summed E-state index contributed by atoms with van der Waals surface area (Å²) in [6.45, 7) is 4.41. The first kappa shape index (κ1) is 16.8. The molecule has 0 unspecified atom stereocenters. The number of nitrogens with zero attached hydrogens (tertiary/aromatic N) is 2. The summed E-state index contributed by atoms with van der Waals surface area (Å²) in [6, 6.07) is 6.55. The summed E-state index contributed by atoms with van der Waals surface area (Å²) >= 11 is 1.56. The number of thioether (sulfide) groups is 1. The molecule has 3 rings (SSSR count). The predicted molar refractivity (Wildman–Crippen MR) is 95.2 cm³/mol. The molecule has 1 aliphatic rings. The highest BCUT2D eigenvalue weighted by molar-refractivity contribution is 8.00. The third-order valence-corrected chi connectivity index (χ3v) is 5.03. The van der Waals surface area contributed by atoms with Crippen molar-refractivity contribution >= 4 is 17.7 Å². The number of nitrogens with one attached hydrogen (secondary N) is 1. The number of hydrogen-bond acceptors (Lipinski definition) is 3. The van der Waals surface area contributed by atoms with Gasteiger partial charge >= 0.3 is 0 Å². The third-order valence-electron chi connectivity index (χ3n) is 4.11. The number of benzene rings is 1. The van der Waals surface area contributed by atoms with Crippen LogP contribution < -0.4 is 0 Å². The van der Waals surface area contributed by atoms with Crippen molar-refractivity contribution in [1.29, 1.82) is 0 Å². The minimum atomic E-state index is -0.284. The number of imidazole rings is 1. The van der Waals surface area contributed by atoms with Crippen LogP contribution in [0.5, 0.6) is 0 Å². The van der Waals surface area contributed by atoms with Gasteiger partial charge in [-0.15, -0.1) is 18.3 Å². The number of likely N-dealkylation sites (tertiary alicyclic amines) is 1. The van der Waals surface area contributed by atoms with Crippen molar-refractivity contribution in [3.63, 3.8) is 0 Å². The Hall–Kier alpha value is -2.08. The molecule has 0 spiro atoms. The summed E-state index contributed by atoms with van der Waals surface area (Å²) in [6.07, 6.45) is 5.27. The van der Waals surface area contributed by atoms with Crippen LogP contribution in [0.2, 0.25) is 0 Å². The minimum absolute atomic E-state index is 0.0534. The Bertz CT molecular complexity index is 731. The molecule has 2 aromatic rings. The lowest BCUT2D eigenvalue weighted by molar-refractivity contribution is -0.129. The van der Waals surface area contributed by atoms with E-state index in [-0.39, 0.29) is 17.8 Å². The molecule has 1 amide bonds. The van der Waals surface area contributed by atoms with Crippen LogP contribution in [0.3, 0.4) is 0 Å². The topological polar surface area (TPSA) is 49.0 Å². The fourth-order valence-electron chi connectivity index (χ4n) is 2.98. The Morgan fingerprint density at radius 1 is 1.50 bits per heavy atom. The van der Waals surface area contributed by atoms with Crippen molar-refractivity contribution in [2.75, 3.05) is 18.1 Å². The molecule has 0 radical (unpaired) electrons. The van der Waals surface area contributed by atoms with Gasteiger partial charge in [0.25, 0.3) is 0 Å². The SMILES string of the molecule is C=CCSCC(=O)N1CCC[C@@H]1c1ncc(-c2ccccc2F)[nH]1. The van der Waals surface area contributed by atoms with E-state index in [0.717, 1.165) is 31.0 Å². The lowest BCUT2D eigenvalue weighted by Gasteiger charge is -2.23. The normalized spacial score (nSPS) is 17.2.